The van der Waals surface area contributed by atoms with Crippen molar-refractivity contribution in [3.63, 3.8) is 0 Å². The van der Waals surface area contributed by atoms with E-state index in [0.717, 1.165) is 31.6 Å². The fourth-order valence-corrected chi connectivity index (χ4v) is 3.53. The zero-order valence-corrected chi connectivity index (χ0v) is 18.1. The van der Waals surface area contributed by atoms with Gasteiger partial charge in [0.05, 0.1) is 25.3 Å². The zero-order valence-electron chi connectivity index (χ0n) is 18.1. The molecule has 0 unspecified atom stereocenters. The molecule has 6 nitrogen and oxygen atoms in total. The molecule has 0 atom stereocenters. The number of carbonyl (C=O) groups excluding carboxylic acids is 1. The summed E-state index contributed by atoms with van der Waals surface area (Å²) in [4.78, 5) is 26.0. The molecular formula is C23H35N4O2+. The normalized spacial score (nSPS) is 11.4. The second-order valence-corrected chi connectivity index (χ2v) is 8.48. The summed E-state index contributed by atoms with van der Waals surface area (Å²) < 4.78 is 1.23. The van der Waals surface area contributed by atoms with Crippen LogP contribution in [0.25, 0.3) is 11.3 Å². The summed E-state index contributed by atoms with van der Waals surface area (Å²) >= 11 is 0. The van der Waals surface area contributed by atoms with Crippen LogP contribution in [0.5, 0.6) is 0 Å². The van der Waals surface area contributed by atoms with Gasteiger partial charge in [0.15, 0.2) is 0 Å². The Morgan fingerprint density at radius 1 is 1.03 bits per heavy atom. The molecule has 6 heteroatoms. The van der Waals surface area contributed by atoms with Gasteiger partial charge in [-0.15, -0.1) is 0 Å². The third-order valence-electron chi connectivity index (χ3n) is 4.65. The van der Waals surface area contributed by atoms with Crippen LogP contribution in [0.2, 0.25) is 0 Å². The first kappa shape index (κ1) is 22.8. The first-order chi connectivity index (χ1) is 13.8. The molecule has 0 bridgehead atoms. The van der Waals surface area contributed by atoms with Crippen LogP contribution >= 0.6 is 0 Å². The van der Waals surface area contributed by atoms with Gasteiger partial charge in [-0.1, -0.05) is 58.0 Å². The Bertz CT molecular complexity index is 805. The van der Waals surface area contributed by atoms with Crippen LogP contribution in [0.4, 0.5) is 0 Å². The average Bonchev–Trinajstić information content (AvgIpc) is 2.66. The highest BCUT2D eigenvalue weighted by atomic mass is 16.2. The molecule has 2 rings (SSSR count). The number of rotatable bonds is 11. The van der Waals surface area contributed by atoms with Gasteiger partial charge in [0, 0.05) is 36.4 Å². The summed E-state index contributed by atoms with van der Waals surface area (Å²) in [6, 6.07) is 12.8. The SMILES string of the molecule is CC(C)C[NH+](CCCNC(=O)Cn1nc(-c2ccccc2)ccc1=O)CC(C)C. The van der Waals surface area contributed by atoms with Crippen molar-refractivity contribution in [3.8, 4) is 11.3 Å². The molecule has 2 N–H and O–H groups in total. The molecule has 0 aliphatic carbocycles. The molecule has 0 fully saturated rings. The van der Waals surface area contributed by atoms with E-state index in [9.17, 15) is 9.59 Å². The third kappa shape index (κ3) is 8.20. The van der Waals surface area contributed by atoms with Gasteiger partial charge in [0.1, 0.15) is 6.54 Å². The lowest BCUT2D eigenvalue weighted by Crippen LogP contribution is -3.13. The van der Waals surface area contributed by atoms with Crippen molar-refractivity contribution in [3.05, 3.63) is 52.8 Å². The van der Waals surface area contributed by atoms with Crippen LogP contribution in [0, 0.1) is 11.8 Å². The lowest BCUT2D eigenvalue weighted by molar-refractivity contribution is -0.906. The monoisotopic (exact) mass is 399 g/mol. The second kappa shape index (κ2) is 11.5. The number of nitrogens with one attached hydrogen (secondary N) is 2. The van der Waals surface area contributed by atoms with Gasteiger partial charge in [-0.2, -0.15) is 5.10 Å². The first-order valence-corrected chi connectivity index (χ1v) is 10.6. The van der Waals surface area contributed by atoms with E-state index in [2.05, 4.69) is 38.1 Å². The van der Waals surface area contributed by atoms with Crippen LogP contribution in [0.1, 0.15) is 34.1 Å². The number of aromatic nitrogens is 2. The van der Waals surface area contributed by atoms with Crippen molar-refractivity contribution in [1.82, 2.24) is 15.1 Å². The van der Waals surface area contributed by atoms with Crippen LogP contribution in [0.3, 0.4) is 0 Å². The quantitative estimate of drug-likeness (QED) is 0.564. The van der Waals surface area contributed by atoms with Gasteiger partial charge in [0.25, 0.3) is 5.56 Å². The molecule has 0 radical (unpaired) electrons. The average molecular weight is 400 g/mol. The van der Waals surface area contributed by atoms with Crippen molar-refractivity contribution in [1.29, 1.82) is 0 Å². The van der Waals surface area contributed by atoms with Gasteiger partial charge in [-0.3, -0.25) is 9.59 Å². The van der Waals surface area contributed by atoms with E-state index >= 15 is 0 Å². The Hall–Kier alpha value is -2.47. The molecule has 1 amide bonds. The molecule has 0 saturated heterocycles. The van der Waals surface area contributed by atoms with Gasteiger partial charge >= 0.3 is 0 Å². The number of quaternary nitrogens is 1. The Labute approximate surface area is 173 Å². The molecule has 0 aliphatic rings. The second-order valence-electron chi connectivity index (χ2n) is 8.48. The molecule has 0 saturated carbocycles. The highest BCUT2D eigenvalue weighted by Crippen LogP contribution is 2.13. The van der Waals surface area contributed by atoms with E-state index in [4.69, 9.17) is 0 Å². The third-order valence-corrected chi connectivity index (χ3v) is 4.65. The van der Waals surface area contributed by atoms with Crippen LogP contribution in [0.15, 0.2) is 47.3 Å². The number of hydrogen-bond donors (Lipinski definition) is 2. The molecule has 1 heterocycles. The zero-order chi connectivity index (χ0) is 21.2. The molecule has 0 spiro atoms. The summed E-state index contributed by atoms with van der Waals surface area (Å²) in [5.41, 5.74) is 1.32. The number of hydrogen-bond acceptors (Lipinski definition) is 3. The molecule has 1 aromatic heterocycles. The topological polar surface area (TPSA) is 68.4 Å². The minimum Gasteiger partial charge on any atom is -0.354 e. The predicted molar refractivity (Wildman–Crippen MR) is 117 cm³/mol. The van der Waals surface area contributed by atoms with Gasteiger partial charge in [-0.05, 0) is 6.07 Å². The summed E-state index contributed by atoms with van der Waals surface area (Å²) in [6.07, 6.45) is 0.924. The summed E-state index contributed by atoms with van der Waals surface area (Å²) in [5, 5.41) is 7.27. The maximum atomic E-state index is 12.3. The lowest BCUT2D eigenvalue weighted by Gasteiger charge is -2.23. The van der Waals surface area contributed by atoms with Crippen LogP contribution in [-0.4, -0.2) is 41.9 Å². The first-order valence-electron chi connectivity index (χ1n) is 10.6. The Morgan fingerprint density at radius 2 is 1.69 bits per heavy atom. The van der Waals surface area contributed by atoms with E-state index in [1.165, 1.54) is 10.7 Å². The predicted octanol–water partition coefficient (Wildman–Crippen LogP) is 1.61. The van der Waals surface area contributed by atoms with Crippen molar-refractivity contribution in [2.75, 3.05) is 26.2 Å². The number of benzene rings is 1. The highest BCUT2D eigenvalue weighted by Gasteiger charge is 2.13. The summed E-state index contributed by atoms with van der Waals surface area (Å²) in [6.45, 7) is 12.9. The molecule has 29 heavy (non-hydrogen) atoms. The van der Waals surface area contributed by atoms with Crippen LogP contribution in [-0.2, 0) is 11.3 Å². The van der Waals surface area contributed by atoms with Crippen molar-refractivity contribution in [2.45, 2.75) is 40.7 Å². The highest BCUT2D eigenvalue weighted by molar-refractivity contribution is 5.75. The lowest BCUT2D eigenvalue weighted by atomic mass is 10.1. The van der Waals surface area contributed by atoms with Crippen molar-refractivity contribution in [2.24, 2.45) is 11.8 Å². The Morgan fingerprint density at radius 3 is 2.31 bits per heavy atom. The molecule has 0 aliphatic heterocycles. The van der Waals surface area contributed by atoms with Gasteiger partial charge < -0.3 is 10.2 Å². The fraction of sp³-hybridized carbons (Fsp3) is 0.522. The standard InChI is InChI=1S/C23H34N4O2/c1-18(2)15-26(16-19(3)4)14-8-13-24-22(28)17-27-23(29)12-11-21(25-27)20-9-6-5-7-10-20/h5-7,9-12,18-19H,8,13-17H2,1-4H3,(H,24,28)/p+1. The summed E-state index contributed by atoms with van der Waals surface area (Å²) in [7, 11) is 0. The number of carbonyl (C=O) groups is 1. The maximum Gasteiger partial charge on any atom is 0.267 e. The molecule has 1 aromatic carbocycles. The Balaban J connectivity index is 1.85. The smallest absolute Gasteiger partial charge is 0.267 e. The maximum absolute atomic E-state index is 12.3. The minimum atomic E-state index is -0.274. The summed E-state index contributed by atoms with van der Waals surface area (Å²) in [5.74, 6) is 1.14. The van der Waals surface area contributed by atoms with Crippen molar-refractivity contribution < 1.29 is 9.69 Å². The fourth-order valence-electron chi connectivity index (χ4n) is 3.53. The van der Waals surface area contributed by atoms with E-state index in [-0.39, 0.29) is 18.0 Å². The van der Waals surface area contributed by atoms with Crippen molar-refractivity contribution >= 4 is 5.91 Å². The number of amides is 1. The molecule has 2 aromatic rings. The van der Waals surface area contributed by atoms with Gasteiger partial charge in [0.2, 0.25) is 5.91 Å². The number of nitrogens with zero attached hydrogens (tertiary/aromatic N) is 2. The largest absolute Gasteiger partial charge is 0.354 e. The molecule has 158 valence electrons. The van der Waals surface area contributed by atoms with E-state index in [1.807, 2.05) is 30.3 Å². The minimum absolute atomic E-state index is 0.0614. The van der Waals surface area contributed by atoms with E-state index in [1.54, 1.807) is 11.0 Å². The molecular weight excluding hydrogens is 364 g/mol. The van der Waals surface area contributed by atoms with Crippen LogP contribution < -0.4 is 15.8 Å². The Kier molecular flexibility index (Phi) is 9.06. The van der Waals surface area contributed by atoms with Gasteiger partial charge in [-0.25, -0.2) is 4.68 Å². The van der Waals surface area contributed by atoms with E-state index < -0.39 is 0 Å². The van der Waals surface area contributed by atoms with E-state index in [0.29, 0.717) is 24.1 Å².